The molecule has 1 aliphatic rings. The molecule has 1 rings (SSSR count). The zero-order chi connectivity index (χ0) is 8.10. The van der Waals surface area contributed by atoms with E-state index in [1.165, 1.54) is 0 Å². The Kier molecular flexibility index (Phi) is 6.86. The first-order valence-electron chi connectivity index (χ1n) is 3.91. The molecule has 1 saturated heterocycles. The lowest BCUT2D eigenvalue weighted by atomic mass is 10.4. The molecule has 0 saturated carbocycles. The highest BCUT2D eigenvalue weighted by Gasteiger charge is 2.07. The van der Waals surface area contributed by atoms with Crippen LogP contribution in [0.2, 0.25) is 0 Å². The van der Waals surface area contributed by atoms with Crippen molar-refractivity contribution >= 4 is 24.0 Å². The summed E-state index contributed by atoms with van der Waals surface area (Å²) in [7, 11) is 0. The summed E-state index contributed by atoms with van der Waals surface area (Å²) in [5.41, 5.74) is 0. The molecule has 0 spiro atoms. The van der Waals surface area contributed by atoms with Crippen LogP contribution in [0.25, 0.3) is 0 Å². The molecule has 12 heavy (non-hydrogen) atoms. The minimum Gasteiger partial charge on any atom is -0.379 e. The second kappa shape index (κ2) is 6.72. The Morgan fingerprint density at radius 1 is 1.50 bits per heavy atom. The minimum absolute atomic E-state index is 0. The van der Waals surface area contributed by atoms with E-state index in [0.717, 1.165) is 37.9 Å². The molecule has 0 bridgehead atoms. The highest BCUT2D eigenvalue weighted by molar-refractivity contribution is 6.29. The lowest BCUT2D eigenvalue weighted by Crippen LogP contribution is -2.36. The third-order valence-electron chi connectivity index (χ3n) is 1.73. The molecule has 2 nitrogen and oxygen atoms in total. The molecule has 0 aromatic heterocycles. The van der Waals surface area contributed by atoms with Gasteiger partial charge in [0.1, 0.15) is 0 Å². The van der Waals surface area contributed by atoms with E-state index in [1.807, 2.05) is 13.0 Å². The van der Waals surface area contributed by atoms with Crippen LogP contribution in [0.5, 0.6) is 0 Å². The maximum atomic E-state index is 5.70. The predicted octanol–water partition coefficient (Wildman–Crippen LogP) is 1.88. The van der Waals surface area contributed by atoms with E-state index < -0.39 is 0 Å². The summed E-state index contributed by atoms with van der Waals surface area (Å²) in [6.07, 6.45) is 2.03. The number of hydrogen-bond acceptors (Lipinski definition) is 2. The summed E-state index contributed by atoms with van der Waals surface area (Å²) in [5, 5.41) is 0.872. The molecule has 0 atom stereocenters. The first-order chi connectivity index (χ1) is 5.29. The van der Waals surface area contributed by atoms with Gasteiger partial charge in [-0.05, 0) is 6.92 Å². The topological polar surface area (TPSA) is 12.5 Å². The summed E-state index contributed by atoms with van der Waals surface area (Å²) < 4.78 is 5.21. The number of halogens is 2. The Labute approximate surface area is 84.9 Å². The average molecular weight is 212 g/mol. The Hall–Kier alpha value is 0.240. The Morgan fingerprint density at radius 3 is 2.58 bits per heavy atom. The quantitative estimate of drug-likeness (QED) is 0.692. The van der Waals surface area contributed by atoms with Crippen LogP contribution in [0, 0.1) is 0 Å². The molecule has 0 N–H and O–H groups in total. The lowest BCUT2D eigenvalue weighted by Gasteiger charge is -2.25. The average Bonchev–Trinajstić information content (AvgIpc) is 2.03. The number of ether oxygens (including phenoxy) is 1. The van der Waals surface area contributed by atoms with Gasteiger partial charge in [0.25, 0.3) is 0 Å². The normalized spacial score (nSPS) is 20.3. The van der Waals surface area contributed by atoms with Crippen molar-refractivity contribution in [3.8, 4) is 0 Å². The van der Waals surface area contributed by atoms with E-state index in [0.29, 0.717) is 0 Å². The second-order valence-electron chi connectivity index (χ2n) is 2.70. The third kappa shape index (κ3) is 4.99. The second-order valence-corrected chi connectivity index (χ2v) is 3.30. The first kappa shape index (κ1) is 12.2. The van der Waals surface area contributed by atoms with E-state index >= 15 is 0 Å². The third-order valence-corrected chi connectivity index (χ3v) is 1.89. The monoisotopic (exact) mass is 211 g/mol. The highest BCUT2D eigenvalue weighted by atomic mass is 35.5. The smallest absolute Gasteiger partial charge is 0.0594 e. The van der Waals surface area contributed by atoms with Gasteiger partial charge in [0, 0.05) is 24.7 Å². The fourth-order valence-electron chi connectivity index (χ4n) is 1.04. The van der Waals surface area contributed by atoms with E-state index in [1.54, 1.807) is 0 Å². The standard InChI is InChI=1S/C8H14ClNO.ClH/c1-8(9)2-3-10-4-6-11-7-5-10;/h2H,3-7H2,1H3;1H. The maximum Gasteiger partial charge on any atom is 0.0594 e. The van der Waals surface area contributed by atoms with Crippen LogP contribution in [0.4, 0.5) is 0 Å². The number of morpholine rings is 1. The van der Waals surface area contributed by atoms with Gasteiger partial charge in [0.2, 0.25) is 0 Å². The number of hydrogen-bond donors (Lipinski definition) is 0. The number of rotatable bonds is 2. The molecule has 0 unspecified atom stereocenters. The van der Waals surface area contributed by atoms with Gasteiger partial charge in [-0.1, -0.05) is 17.7 Å². The molecule has 1 fully saturated rings. The molecule has 0 radical (unpaired) electrons. The summed E-state index contributed by atoms with van der Waals surface area (Å²) in [6.45, 7) is 6.63. The van der Waals surface area contributed by atoms with E-state index in [4.69, 9.17) is 16.3 Å². The molecule has 4 heteroatoms. The predicted molar refractivity (Wildman–Crippen MR) is 54.1 cm³/mol. The zero-order valence-electron chi connectivity index (χ0n) is 7.25. The van der Waals surface area contributed by atoms with Crippen LogP contribution in [0.15, 0.2) is 11.1 Å². The molecule has 72 valence electrons. The SMILES string of the molecule is CC(Cl)=CCN1CCOCC1.Cl. The van der Waals surface area contributed by atoms with Gasteiger partial charge in [0.05, 0.1) is 13.2 Å². The largest absolute Gasteiger partial charge is 0.379 e. The molecule has 0 amide bonds. The van der Waals surface area contributed by atoms with Gasteiger partial charge in [-0.3, -0.25) is 4.90 Å². The van der Waals surface area contributed by atoms with Crippen molar-refractivity contribution in [3.05, 3.63) is 11.1 Å². The molecule has 0 aliphatic carbocycles. The van der Waals surface area contributed by atoms with Crippen molar-refractivity contribution in [3.63, 3.8) is 0 Å². The Morgan fingerprint density at radius 2 is 2.08 bits per heavy atom. The van der Waals surface area contributed by atoms with E-state index in [-0.39, 0.29) is 12.4 Å². The van der Waals surface area contributed by atoms with Gasteiger partial charge in [0.15, 0.2) is 0 Å². The van der Waals surface area contributed by atoms with Crippen molar-refractivity contribution in [2.24, 2.45) is 0 Å². The van der Waals surface area contributed by atoms with Crippen LogP contribution in [0.1, 0.15) is 6.92 Å². The van der Waals surface area contributed by atoms with Crippen molar-refractivity contribution in [2.75, 3.05) is 32.8 Å². The van der Waals surface area contributed by atoms with Gasteiger partial charge in [-0.15, -0.1) is 12.4 Å². The van der Waals surface area contributed by atoms with Crippen molar-refractivity contribution in [2.45, 2.75) is 6.92 Å². The summed E-state index contributed by atoms with van der Waals surface area (Å²) in [5.74, 6) is 0. The van der Waals surface area contributed by atoms with Gasteiger partial charge < -0.3 is 4.74 Å². The van der Waals surface area contributed by atoms with E-state index in [2.05, 4.69) is 4.90 Å². The van der Waals surface area contributed by atoms with Crippen molar-refractivity contribution in [1.82, 2.24) is 4.90 Å². The molecule has 0 aromatic carbocycles. The zero-order valence-corrected chi connectivity index (χ0v) is 8.83. The molecular weight excluding hydrogens is 197 g/mol. The summed E-state index contributed by atoms with van der Waals surface area (Å²) >= 11 is 5.70. The molecule has 1 aliphatic heterocycles. The Bertz CT molecular complexity index is 140. The molecule has 1 heterocycles. The van der Waals surface area contributed by atoms with Crippen LogP contribution in [0.3, 0.4) is 0 Å². The summed E-state index contributed by atoms with van der Waals surface area (Å²) in [4.78, 5) is 2.33. The van der Waals surface area contributed by atoms with Crippen LogP contribution < -0.4 is 0 Å². The minimum atomic E-state index is 0. The fourth-order valence-corrected chi connectivity index (χ4v) is 1.11. The van der Waals surface area contributed by atoms with Gasteiger partial charge >= 0.3 is 0 Å². The van der Waals surface area contributed by atoms with Gasteiger partial charge in [-0.2, -0.15) is 0 Å². The first-order valence-corrected chi connectivity index (χ1v) is 4.29. The molecular formula is C8H15Cl2NO. The summed E-state index contributed by atoms with van der Waals surface area (Å²) in [6, 6.07) is 0. The molecule has 0 aromatic rings. The van der Waals surface area contributed by atoms with Crippen LogP contribution >= 0.6 is 24.0 Å². The van der Waals surface area contributed by atoms with E-state index in [9.17, 15) is 0 Å². The highest BCUT2D eigenvalue weighted by Crippen LogP contribution is 2.01. The maximum absolute atomic E-state index is 5.70. The van der Waals surface area contributed by atoms with Crippen molar-refractivity contribution < 1.29 is 4.74 Å². The lowest BCUT2D eigenvalue weighted by molar-refractivity contribution is 0.0434. The number of nitrogens with zero attached hydrogens (tertiary/aromatic N) is 1. The fraction of sp³-hybridized carbons (Fsp3) is 0.750. The van der Waals surface area contributed by atoms with Gasteiger partial charge in [-0.25, -0.2) is 0 Å². The van der Waals surface area contributed by atoms with Crippen LogP contribution in [-0.2, 0) is 4.74 Å². The van der Waals surface area contributed by atoms with Crippen molar-refractivity contribution in [1.29, 1.82) is 0 Å². The van der Waals surface area contributed by atoms with Crippen LogP contribution in [-0.4, -0.2) is 37.7 Å². The number of allylic oxidation sites excluding steroid dienone is 1. The Balaban J connectivity index is 0.00000121.